The van der Waals surface area contributed by atoms with Gasteiger partial charge in [-0.1, -0.05) is 35.9 Å². The predicted molar refractivity (Wildman–Crippen MR) is 87.7 cm³/mol. The van der Waals surface area contributed by atoms with E-state index in [1.54, 1.807) is 17.8 Å². The van der Waals surface area contributed by atoms with E-state index < -0.39 is 0 Å². The van der Waals surface area contributed by atoms with Crippen LogP contribution in [0.15, 0.2) is 54.2 Å². The summed E-state index contributed by atoms with van der Waals surface area (Å²) in [6, 6.07) is 11.9. The molecule has 0 radical (unpaired) electrons. The van der Waals surface area contributed by atoms with Crippen molar-refractivity contribution in [1.82, 2.24) is 15.3 Å². The molecule has 0 spiro atoms. The maximum absolute atomic E-state index is 12.1. The van der Waals surface area contributed by atoms with Gasteiger partial charge < -0.3 is 5.32 Å². The van der Waals surface area contributed by atoms with Crippen LogP contribution in [0.3, 0.4) is 0 Å². The number of pyridine rings is 1. The normalized spacial score (nSPS) is 10.4. The quantitative estimate of drug-likeness (QED) is 0.803. The maximum atomic E-state index is 12.1. The Kier molecular flexibility index (Phi) is 4.25. The van der Waals surface area contributed by atoms with Crippen LogP contribution in [0.25, 0.3) is 10.6 Å². The predicted octanol–water partition coefficient (Wildman–Crippen LogP) is 3.44. The molecular formula is C17H15N3OS. The molecule has 0 bridgehead atoms. The van der Waals surface area contributed by atoms with Gasteiger partial charge in [-0.2, -0.15) is 0 Å². The van der Waals surface area contributed by atoms with Crippen LogP contribution in [-0.2, 0) is 6.54 Å². The Balaban J connectivity index is 1.68. The SMILES string of the molecule is Cc1ccc(-c2nc(C(=O)NCc3cccnc3)cs2)cc1. The van der Waals surface area contributed by atoms with Crippen molar-refractivity contribution in [3.8, 4) is 10.6 Å². The fraction of sp³-hybridized carbons (Fsp3) is 0.118. The third-order valence-corrected chi connectivity index (χ3v) is 4.10. The van der Waals surface area contributed by atoms with Gasteiger partial charge in [-0.15, -0.1) is 11.3 Å². The number of carbonyl (C=O) groups is 1. The molecule has 0 unspecified atom stereocenters. The lowest BCUT2D eigenvalue weighted by Gasteiger charge is -2.02. The molecule has 2 aromatic heterocycles. The first kappa shape index (κ1) is 14.4. The smallest absolute Gasteiger partial charge is 0.271 e. The maximum Gasteiger partial charge on any atom is 0.271 e. The summed E-state index contributed by atoms with van der Waals surface area (Å²) in [6.45, 7) is 2.49. The zero-order valence-electron chi connectivity index (χ0n) is 12.1. The van der Waals surface area contributed by atoms with E-state index in [1.807, 2.05) is 43.3 Å². The molecule has 1 amide bonds. The molecule has 110 valence electrons. The van der Waals surface area contributed by atoms with Crippen molar-refractivity contribution in [2.75, 3.05) is 0 Å². The third-order valence-electron chi connectivity index (χ3n) is 3.21. The lowest BCUT2D eigenvalue weighted by molar-refractivity contribution is 0.0946. The van der Waals surface area contributed by atoms with Crippen LogP contribution in [0.1, 0.15) is 21.6 Å². The Morgan fingerprint density at radius 3 is 2.77 bits per heavy atom. The van der Waals surface area contributed by atoms with Crippen molar-refractivity contribution in [3.05, 3.63) is 71.0 Å². The van der Waals surface area contributed by atoms with Crippen LogP contribution in [0.4, 0.5) is 0 Å². The van der Waals surface area contributed by atoms with Crippen LogP contribution >= 0.6 is 11.3 Å². The van der Waals surface area contributed by atoms with E-state index in [1.165, 1.54) is 16.9 Å². The molecule has 0 atom stereocenters. The molecule has 2 heterocycles. The molecule has 0 saturated carbocycles. The fourth-order valence-electron chi connectivity index (χ4n) is 1.98. The minimum atomic E-state index is -0.168. The van der Waals surface area contributed by atoms with Gasteiger partial charge in [0.15, 0.2) is 0 Å². The second-order valence-corrected chi connectivity index (χ2v) is 5.81. The van der Waals surface area contributed by atoms with Crippen molar-refractivity contribution >= 4 is 17.2 Å². The van der Waals surface area contributed by atoms with E-state index in [0.29, 0.717) is 12.2 Å². The molecule has 0 saturated heterocycles. The summed E-state index contributed by atoms with van der Waals surface area (Å²) < 4.78 is 0. The Labute approximate surface area is 132 Å². The number of hydrogen-bond donors (Lipinski definition) is 1. The summed E-state index contributed by atoms with van der Waals surface area (Å²) in [5.41, 5.74) is 3.64. The number of aromatic nitrogens is 2. The minimum absolute atomic E-state index is 0.168. The number of carbonyl (C=O) groups excluding carboxylic acids is 1. The van der Waals surface area contributed by atoms with Gasteiger partial charge in [-0.3, -0.25) is 9.78 Å². The van der Waals surface area contributed by atoms with Crippen molar-refractivity contribution < 1.29 is 4.79 Å². The highest BCUT2D eigenvalue weighted by molar-refractivity contribution is 7.13. The van der Waals surface area contributed by atoms with Gasteiger partial charge in [-0.25, -0.2) is 4.98 Å². The van der Waals surface area contributed by atoms with Crippen LogP contribution < -0.4 is 5.32 Å². The summed E-state index contributed by atoms with van der Waals surface area (Å²) >= 11 is 1.47. The number of benzene rings is 1. The molecule has 1 N–H and O–H groups in total. The van der Waals surface area contributed by atoms with E-state index in [4.69, 9.17) is 0 Å². The van der Waals surface area contributed by atoms with E-state index in [9.17, 15) is 4.79 Å². The molecular weight excluding hydrogens is 294 g/mol. The van der Waals surface area contributed by atoms with Gasteiger partial charge in [0.2, 0.25) is 0 Å². The highest BCUT2D eigenvalue weighted by Gasteiger charge is 2.11. The van der Waals surface area contributed by atoms with Gasteiger partial charge in [0.25, 0.3) is 5.91 Å². The highest BCUT2D eigenvalue weighted by Crippen LogP contribution is 2.23. The average Bonchev–Trinajstić information content (AvgIpc) is 3.04. The van der Waals surface area contributed by atoms with E-state index >= 15 is 0 Å². The number of thiazole rings is 1. The Morgan fingerprint density at radius 2 is 2.05 bits per heavy atom. The van der Waals surface area contributed by atoms with Crippen molar-refractivity contribution in [2.45, 2.75) is 13.5 Å². The number of nitrogens with one attached hydrogen (secondary N) is 1. The number of nitrogens with zero attached hydrogens (tertiary/aromatic N) is 2. The lowest BCUT2D eigenvalue weighted by atomic mass is 10.2. The van der Waals surface area contributed by atoms with Crippen LogP contribution in [0, 0.1) is 6.92 Å². The number of rotatable bonds is 4. The number of hydrogen-bond acceptors (Lipinski definition) is 4. The molecule has 0 aliphatic rings. The topological polar surface area (TPSA) is 54.9 Å². The van der Waals surface area contributed by atoms with Crippen LogP contribution in [0.5, 0.6) is 0 Å². The Morgan fingerprint density at radius 1 is 1.23 bits per heavy atom. The largest absolute Gasteiger partial charge is 0.347 e. The Bertz CT molecular complexity index is 766. The molecule has 0 fully saturated rings. The van der Waals surface area contributed by atoms with Gasteiger partial charge in [-0.05, 0) is 18.6 Å². The zero-order valence-corrected chi connectivity index (χ0v) is 12.9. The summed E-state index contributed by atoms with van der Waals surface area (Å²) in [6.07, 6.45) is 3.44. The molecule has 22 heavy (non-hydrogen) atoms. The highest BCUT2D eigenvalue weighted by atomic mass is 32.1. The minimum Gasteiger partial charge on any atom is -0.347 e. The average molecular weight is 309 g/mol. The van der Waals surface area contributed by atoms with E-state index in [2.05, 4.69) is 15.3 Å². The first-order valence-corrected chi connectivity index (χ1v) is 7.80. The van der Waals surface area contributed by atoms with Gasteiger partial charge >= 0.3 is 0 Å². The molecule has 5 heteroatoms. The second kappa shape index (κ2) is 6.49. The van der Waals surface area contributed by atoms with E-state index in [-0.39, 0.29) is 5.91 Å². The summed E-state index contributed by atoms with van der Waals surface area (Å²) in [5.74, 6) is -0.168. The van der Waals surface area contributed by atoms with Crippen LogP contribution in [0.2, 0.25) is 0 Å². The van der Waals surface area contributed by atoms with E-state index in [0.717, 1.165) is 16.1 Å². The number of aryl methyl sites for hydroxylation is 1. The van der Waals surface area contributed by atoms with Crippen LogP contribution in [-0.4, -0.2) is 15.9 Å². The van der Waals surface area contributed by atoms with Gasteiger partial charge in [0.1, 0.15) is 10.7 Å². The Hall–Kier alpha value is -2.53. The standard InChI is InChI=1S/C17H15N3OS/c1-12-4-6-14(7-5-12)17-20-15(11-22-17)16(21)19-10-13-3-2-8-18-9-13/h2-9,11H,10H2,1H3,(H,19,21). The summed E-state index contributed by atoms with van der Waals surface area (Å²) in [7, 11) is 0. The lowest BCUT2D eigenvalue weighted by Crippen LogP contribution is -2.23. The summed E-state index contributed by atoms with van der Waals surface area (Å²) in [5, 5.41) is 5.49. The van der Waals surface area contributed by atoms with Crippen molar-refractivity contribution in [2.24, 2.45) is 0 Å². The number of amides is 1. The van der Waals surface area contributed by atoms with Gasteiger partial charge in [0.05, 0.1) is 0 Å². The first-order valence-electron chi connectivity index (χ1n) is 6.92. The second-order valence-electron chi connectivity index (χ2n) is 4.95. The molecule has 1 aromatic carbocycles. The van der Waals surface area contributed by atoms with Gasteiger partial charge in [0, 0.05) is 29.9 Å². The zero-order chi connectivity index (χ0) is 15.4. The summed E-state index contributed by atoms with van der Waals surface area (Å²) in [4.78, 5) is 20.6. The first-order chi connectivity index (χ1) is 10.7. The van der Waals surface area contributed by atoms with Crippen molar-refractivity contribution in [1.29, 1.82) is 0 Å². The fourth-order valence-corrected chi connectivity index (χ4v) is 2.79. The molecule has 3 rings (SSSR count). The molecule has 4 nitrogen and oxygen atoms in total. The van der Waals surface area contributed by atoms with Crippen molar-refractivity contribution in [3.63, 3.8) is 0 Å². The third kappa shape index (κ3) is 3.38. The molecule has 3 aromatic rings. The molecule has 0 aliphatic heterocycles. The molecule has 0 aliphatic carbocycles. The monoisotopic (exact) mass is 309 g/mol.